The van der Waals surface area contributed by atoms with Gasteiger partial charge in [0.25, 0.3) is 5.91 Å². The molecular formula is C26H36N2O3. The lowest BCUT2D eigenvalue weighted by molar-refractivity contribution is -0.143. The van der Waals surface area contributed by atoms with E-state index in [0.29, 0.717) is 18.7 Å². The predicted molar refractivity (Wildman–Crippen MR) is 125 cm³/mol. The van der Waals surface area contributed by atoms with Gasteiger partial charge in [-0.25, -0.2) is 0 Å². The molecule has 0 heterocycles. The molecule has 0 aliphatic rings. The Labute approximate surface area is 186 Å². The molecule has 1 atom stereocenters. The Morgan fingerprint density at radius 2 is 1.61 bits per heavy atom. The van der Waals surface area contributed by atoms with Gasteiger partial charge in [0.15, 0.2) is 6.61 Å². The average Bonchev–Trinajstić information content (AvgIpc) is 2.71. The molecular weight excluding hydrogens is 388 g/mol. The van der Waals surface area contributed by atoms with Crippen LogP contribution in [0.5, 0.6) is 5.75 Å². The number of hydrogen-bond donors (Lipinski definition) is 1. The van der Waals surface area contributed by atoms with Gasteiger partial charge in [0.1, 0.15) is 11.8 Å². The van der Waals surface area contributed by atoms with Crippen molar-refractivity contribution in [2.45, 2.75) is 72.0 Å². The van der Waals surface area contributed by atoms with Crippen molar-refractivity contribution in [3.63, 3.8) is 0 Å². The highest BCUT2D eigenvalue weighted by molar-refractivity contribution is 5.88. The predicted octanol–water partition coefficient (Wildman–Crippen LogP) is 4.69. The van der Waals surface area contributed by atoms with Crippen LogP contribution in [0, 0.1) is 0 Å². The van der Waals surface area contributed by atoms with Crippen LogP contribution in [0.2, 0.25) is 0 Å². The van der Waals surface area contributed by atoms with Crippen molar-refractivity contribution in [1.29, 1.82) is 0 Å². The standard InChI is InChI=1S/C26H36N2O3/c1-7-23(25(30)27-19(2)3)28(17-20-11-9-8-10-12-20)24(29)18-31-22-15-13-21(14-16-22)26(4,5)6/h8-16,19,23H,7,17-18H2,1-6H3,(H,27,30)/t23-/m0/s1. The van der Waals surface area contributed by atoms with Gasteiger partial charge in [-0.2, -0.15) is 0 Å². The van der Waals surface area contributed by atoms with Crippen molar-refractivity contribution in [3.05, 3.63) is 65.7 Å². The molecule has 1 N–H and O–H groups in total. The molecule has 0 aliphatic carbocycles. The summed E-state index contributed by atoms with van der Waals surface area (Å²) in [7, 11) is 0. The number of nitrogens with zero attached hydrogens (tertiary/aromatic N) is 1. The fourth-order valence-corrected chi connectivity index (χ4v) is 3.36. The second kappa shape index (κ2) is 11.0. The molecule has 2 aromatic carbocycles. The number of benzene rings is 2. The third-order valence-corrected chi connectivity index (χ3v) is 5.10. The van der Waals surface area contributed by atoms with Gasteiger partial charge in [0.05, 0.1) is 0 Å². The zero-order valence-corrected chi connectivity index (χ0v) is 19.6. The van der Waals surface area contributed by atoms with Gasteiger partial charge < -0.3 is 15.0 Å². The van der Waals surface area contributed by atoms with Crippen LogP contribution in [-0.2, 0) is 21.5 Å². The summed E-state index contributed by atoms with van der Waals surface area (Å²) >= 11 is 0. The number of amides is 2. The van der Waals surface area contributed by atoms with Gasteiger partial charge >= 0.3 is 0 Å². The van der Waals surface area contributed by atoms with Gasteiger partial charge in [0.2, 0.25) is 5.91 Å². The highest BCUT2D eigenvalue weighted by Gasteiger charge is 2.29. The molecule has 0 fully saturated rings. The summed E-state index contributed by atoms with van der Waals surface area (Å²) in [5, 5.41) is 2.94. The van der Waals surface area contributed by atoms with E-state index in [0.717, 1.165) is 5.56 Å². The van der Waals surface area contributed by atoms with E-state index in [9.17, 15) is 9.59 Å². The van der Waals surface area contributed by atoms with Crippen molar-refractivity contribution in [2.75, 3.05) is 6.61 Å². The molecule has 0 saturated carbocycles. The van der Waals surface area contributed by atoms with Crippen LogP contribution in [0.15, 0.2) is 54.6 Å². The maximum atomic E-state index is 13.2. The molecule has 0 aromatic heterocycles. The van der Waals surface area contributed by atoms with E-state index >= 15 is 0 Å². The number of hydrogen-bond acceptors (Lipinski definition) is 3. The topological polar surface area (TPSA) is 58.6 Å². The first-order valence-corrected chi connectivity index (χ1v) is 11.0. The molecule has 31 heavy (non-hydrogen) atoms. The number of nitrogens with one attached hydrogen (secondary N) is 1. The van der Waals surface area contributed by atoms with Crippen LogP contribution >= 0.6 is 0 Å². The lowest BCUT2D eigenvalue weighted by Crippen LogP contribution is -2.51. The Balaban J connectivity index is 2.15. The molecule has 0 bridgehead atoms. The lowest BCUT2D eigenvalue weighted by Gasteiger charge is -2.31. The van der Waals surface area contributed by atoms with E-state index in [1.54, 1.807) is 4.90 Å². The van der Waals surface area contributed by atoms with Crippen LogP contribution in [0.1, 0.15) is 59.1 Å². The maximum absolute atomic E-state index is 13.2. The molecule has 5 heteroatoms. The van der Waals surface area contributed by atoms with Gasteiger partial charge in [-0.05, 0) is 48.9 Å². The molecule has 2 rings (SSSR count). The summed E-state index contributed by atoms with van der Waals surface area (Å²) in [6.07, 6.45) is 0.525. The molecule has 0 spiro atoms. The second-order valence-corrected chi connectivity index (χ2v) is 9.16. The molecule has 2 aromatic rings. The van der Waals surface area contributed by atoms with Gasteiger partial charge in [-0.3, -0.25) is 9.59 Å². The van der Waals surface area contributed by atoms with Crippen LogP contribution in [0.25, 0.3) is 0 Å². The fourth-order valence-electron chi connectivity index (χ4n) is 3.36. The fraction of sp³-hybridized carbons (Fsp3) is 0.462. The van der Waals surface area contributed by atoms with E-state index in [1.807, 2.05) is 75.4 Å². The van der Waals surface area contributed by atoms with E-state index in [2.05, 4.69) is 26.1 Å². The zero-order chi connectivity index (χ0) is 23.0. The van der Waals surface area contributed by atoms with Crippen molar-refractivity contribution in [1.82, 2.24) is 10.2 Å². The monoisotopic (exact) mass is 424 g/mol. The highest BCUT2D eigenvalue weighted by atomic mass is 16.5. The summed E-state index contributed by atoms with van der Waals surface area (Å²) in [6.45, 7) is 12.4. The minimum Gasteiger partial charge on any atom is -0.484 e. The first kappa shape index (κ1) is 24.4. The van der Waals surface area contributed by atoms with Crippen molar-refractivity contribution in [2.24, 2.45) is 0 Å². The summed E-state index contributed by atoms with van der Waals surface area (Å²) in [6, 6.07) is 17.0. The van der Waals surface area contributed by atoms with Crippen molar-refractivity contribution >= 4 is 11.8 Å². The van der Waals surface area contributed by atoms with Gasteiger partial charge in [-0.15, -0.1) is 0 Å². The first-order chi connectivity index (χ1) is 14.6. The summed E-state index contributed by atoms with van der Waals surface area (Å²) in [5.41, 5.74) is 2.23. The Morgan fingerprint density at radius 3 is 2.13 bits per heavy atom. The molecule has 2 amide bonds. The Morgan fingerprint density at radius 1 is 1.00 bits per heavy atom. The Kier molecular flexibility index (Phi) is 8.66. The van der Waals surface area contributed by atoms with Crippen LogP contribution < -0.4 is 10.1 Å². The van der Waals surface area contributed by atoms with E-state index in [-0.39, 0.29) is 29.9 Å². The molecule has 0 saturated heterocycles. The summed E-state index contributed by atoms with van der Waals surface area (Å²) in [4.78, 5) is 27.6. The van der Waals surface area contributed by atoms with Crippen molar-refractivity contribution in [3.8, 4) is 5.75 Å². The zero-order valence-electron chi connectivity index (χ0n) is 19.6. The molecule has 5 nitrogen and oxygen atoms in total. The number of carbonyl (C=O) groups excluding carboxylic acids is 2. The average molecular weight is 425 g/mol. The lowest BCUT2D eigenvalue weighted by atomic mass is 9.87. The van der Waals surface area contributed by atoms with E-state index in [1.165, 1.54) is 5.56 Å². The SMILES string of the molecule is CC[C@@H](C(=O)NC(C)C)N(Cc1ccccc1)C(=O)COc1ccc(C(C)(C)C)cc1. The molecule has 0 aliphatic heterocycles. The minimum atomic E-state index is -0.554. The Bertz CT molecular complexity index is 839. The van der Waals surface area contributed by atoms with E-state index < -0.39 is 6.04 Å². The quantitative estimate of drug-likeness (QED) is 0.635. The van der Waals surface area contributed by atoms with Gasteiger partial charge in [0, 0.05) is 12.6 Å². The maximum Gasteiger partial charge on any atom is 0.261 e. The third-order valence-electron chi connectivity index (χ3n) is 5.10. The first-order valence-electron chi connectivity index (χ1n) is 11.0. The van der Waals surface area contributed by atoms with Crippen LogP contribution in [0.4, 0.5) is 0 Å². The van der Waals surface area contributed by atoms with Crippen LogP contribution in [-0.4, -0.2) is 35.4 Å². The van der Waals surface area contributed by atoms with E-state index in [4.69, 9.17) is 4.74 Å². The van der Waals surface area contributed by atoms with Crippen molar-refractivity contribution < 1.29 is 14.3 Å². The largest absolute Gasteiger partial charge is 0.484 e. The molecule has 0 radical (unpaired) electrons. The van der Waals surface area contributed by atoms with Gasteiger partial charge in [-0.1, -0.05) is 70.2 Å². The van der Waals surface area contributed by atoms with Crippen LogP contribution in [0.3, 0.4) is 0 Å². The summed E-state index contributed by atoms with van der Waals surface area (Å²) < 4.78 is 5.79. The highest BCUT2D eigenvalue weighted by Crippen LogP contribution is 2.24. The third kappa shape index (κ3) is 7.42. The number of rotatable bonds is 9. The smallest absolute Gasteiger partial charge is 0.261 e. The summed E-state index contributed by atoms with van der Waals surface area (Å²) in [5.74, 6) is 0.284. The molecule has 0 unspecified atom stereocenters. The number of carbonyl (C=O) groups is 2. The normalized spacial score (nSPS) is 12.4. The Hall–Kier alpha value is -2.82. The minimum absolute atomic E-state index is 0.00723. The molecule has 168 valence electrons. The second-order valence-electron chi connectivity index (χ2n) is 9.16. The number of ether oxygens (including phenoxy) is 1.